The Kier molecular flexibility index (Phi) is 5.06. The average molecular weight is 385 g/mol. The number of carbonyl (C=O) groups excluding carboxylic acids is 5. The molecule has 3 rings (SSSR count). The van der Waals surface area contributed by atoms with E-state index in [1.54, 1.807) is 12.1 Å². The van der Waals surface area contributed by atoms with Gasteiger partial charge in [-0.3, -0.25) is 34.2 Å². The molecule has 2 heterocycles. The first-order valence-electron chi connectivity index (χ1n) is 9.18. The molecule has 1 saturated heterocycles. The monoisotopic (exact) mass is 385 g/mol. The molecule has 148 valence electrons. The zero-order valence-corrected chi connectivity index (χ0v) is 16.1. The largest absolute Gasteiger partial charge is 0.352 e. The Bertz CT molecular complexity index is 884. The van der Waals surface area contributed by atoms with E-state index in [-0.39, 0.29) is 41.8 Å². The normalized spacial score (nSPS) is 19.5. The van der Waals surface area contributed by atoms with E-state index in [0.29, 0.717) is 12.0 Å². The Morgan fingerprint density at radius 3 is 2.46 bits per heavy atom. The number of imide groups is 2. The highest BCUT2D eigenvalue weighted by molar-refractivity contribution is 6.23. The maximum Gasteiger partial charge on any atom is 0.262 e. The van der Waals surface area contributed by atoms with Crippen molar-refractivity contribution in [2.45, 2.75) is 52.6 Å². The van der Waals surface area contributed by atoms with E-state index in [2.05, 4.69) is 10.6 Å². The first kappa shape index (κ1) is 19.7. The van der Waals surface area contributed by atoms with E-state index in [1.165, 1.54) is 6.07 Å². The van der Waals surface area contributed by atoms with Gasteiger partial charge in [-0.2, -0.15) is 0 Å². The number of piperidine rings is 1. The van der Waals surface area contributed by atoms with Gasteiger partial charge in [0.1, 0.15) is 6.04 Å². The summed E-state index contributed by atoms with van der Waals surface area (Å²) in [5.41, 5.74) is 0.983. The lowest BCUT2D eigenvalue weighted by molar-refractivity contribution is -0.136. The second-order valence-electron chi connectivity index (χ2n) is 8.34. The smallest absolute Gasteiger partial charge is 0.262 e. The topological polar surface area (TPSA) is 113 Å². The highest BCUT2D eigenvalue weighted by Crippen LogP contribution is 2.28. The molecule has 0 spiro atoms. The van der Waals surface area contributed by atoms with Crippen molar-refractivity contribution in [2.24, 2.45) is 5.41 Å². The highest BCUT2D eigenvalue weighted by Gasteiger charge is 2.44. The minimum atomic E-state index is -0.986. The zero-order chi connectivity index (χ0) is 20.6. The van der Waals surface area contributed by atoms with Gasteiger partial charge < -0.3 is 5.32 Å². The molecule has 28 heavy (non-hydrogen) atoms. The molecule has 0 saturated carbocycles. The Labute approximate surface area is 162 Å². The molecule has 1 fully saturated rings. The number of carbonyl (C=O) groups is 5. The van der Waals surface area contributed by atoms with Crippen LogP contribution in [0.25, 0.3) is 0 Å². The molecule has 0 radical (unpaired) electrons. The van der Waals surface area contributed by atoms with Crippen LogP contribution in [0.15, 0.2) is 18.2 Å². The second-order valence-corrected chi connectivity index (χ2v) is 8.34. The Morgan fingerprint density at radius 1 is 1.14 bits per heavy atom. The molecule has 0 bridgehead atoms. The summed E-state index contributed by atoms with van der Waals surface area (Å²) in [5.74, 6) is -2.25. The predicted octanol–water partition coefficient (Wildman–Crippen LogP) is 1.14. The van der Waals surface area contributed by atoms with Crippen molar-refractivity contribution in [2.75, 3.05) is 0 Å². The first-order valence-corrected chi connectivity index (χ1v) is 9.18. The van der Waals surface area contributed by atoms with Crippen molar-refractivity contribution in [3.8, 4) is 0 Å². The lowest BCUT2D eigenvalue weighted by Crippen LogP contribution is -2.54. The van der Waals surface area contributed by atoms with E-state index >= 15 is 0 Å². The highest BCUT2D eigenvalue weighted by atomic mass is 16.2. The molecule has 2 aliphatic rings. The Morgan fingerprint density at radius 2 is 1.82 bits per heavy atom. The van der Waals surface area contributed by atoms with Gasteiger partial charge in [-0.15, -0.1) is 0 Å². The SMILES string of the molecule is CC(C)(C)CC(=O)NCc1ccc2c(c1)C(=O)N(C1CCC(=O)NC1=O)C2=O. The maximum atomic E-state index is 12.8. The summed E-state index contributed by atoms with van der Waals surface area (Å²) in [5, 5.41) is 4.97. The lowest BCUT2D eigenvalue weighted by atomic mass is 9.92. The molecule has 0 aliphatic carbocycles. The van der Waals surface area contributed by atoms with Crippen molar-refractivity contribution in [1.82, 2.24) is 15.5 Å². The van der Waals surface area contributed by atoms with Gasteiger partial charge in [-0.1, -0.05) is 26.8 Å². The van der Waals surface area contributed by atoms with E-state index in [0.717, 1.165) is 4.90 Å². The van der Waals surface area contributed by atoms with Crippen molar-refractivity contribution in [3.05, 3.63) is 34.9 Å². The number of rotatable bonds is 4. The van der Waals surface area contributed by atoms with E-state index in [9.17, 15) is 24.0 Å². The number of benzene rings is 1. The van der Waals surface area contributed by atoms with E-state index in [1.807, 2.05) is 20.8 Å². The predicted molar refractivity (Wildman–Crippen MR) is 99.0 cm³/mol. The minimum absolute atomic E-state index is 0.0782. The molecule has 8 heteroatoms. The second kappa shape index (κ2) is 7.18. The fourth-order valence-corrected chi connectivity index (χ4v) is 3.37. The molecule has 5 amide bonds. The van der Waals surface area contributed by atoms with Crippen LogP contribution in [0.2, 0.25) is 0 Å². The quantitative estimate of drug-likeness (QED) is 0.755. The van der Waals surface area contributed by atoms with Crippen LogP contribution in [0.4, 0.5) is 0 Å². The average Bonchev–Trinajstić information content (AvgIpc) is 2.83. The van der Waals surface area contributed by atoms with Crippen molar-refractivity contribution < 1.29 is 24.0 Å². The molecule has 1 aromatic rings. The number of nitrogens with zero attached hydrogens (tertiary/aromatic N) is 1. The van der Waals surface area contributed by atoms with Gasteiger partial charge in [0.25, 0.3) is 11.8 Å². The van der Waals surface area contributed by atoms with Crippen LogP contribution >= 0.6 is 0 Å². The van der Waals surface area contributed by atoms with Crippen LogP contribution in [0.3, 0.4) is 0 Å². The van der Waals surface area contributed by atoms with Gasteiger partial charge in [0.05, 0.1) is 11.1 Å². The van der Waals surface area contributed by atoms with Gasteiger partial charge in [-0.05, 0) is 29.5 Å². The third-order valence-corrected chi connectivity index (χ3v) is 4.68. The van der Waals surface area contributed by atoms with Crippen LogP contribution in [-0.4, -0.2) is 40.5 Å². The standard InChI is InChI=1S/C20H23N3O5/c1-20(2,3)9-16(25)21-10-11-4-5-12-13(8-11)19(28)23(18(12)27)14-6-7-15(24)22-17(14)26/h4-5,8,14H,6-7,9-10H2,1-3H3,(H,21,25)(H,22,24,26). The minimum Gasteiger partial charge on any atom is -0.352 e. The van der Waals surface area contributed by atoms with Crippen LogP contribution < -0.4 is 10.6 Å². The summed E-state index contributed by atoms with van der Waals surface area (Å²) in [6.45, 7) is 6.14. The third kappa shape index (κ3) is 3.95. The van der Waals surface area contributed by atoms with E-state index < -0.39 is 29.7 Å². The van der Waals surface area contributed by atoms with Gasteiger partial charge >= 0.3 is 0 Å². The maximum absolute atomic E-state index is 12.8. The summed E-state index contributed by atoms with van der Waals surface area (Å²) < 4.78 is 0. The fourth-order valence-electron chi connectivity index (χ4n) is 3.37. The van der Waals surface area contributed by atoms with E-state index in [4.69, 9.17) is 0 Å². The number of nitrogens with one attached hydrogen (secondary N) is 2. The van der Waals surface area contributed by atoms with Gasteiger partial charge in [-0.25, -0.2) is 0 Å². The molecule has 8 nitrogen and oxygen atoms in total. The summed E-state index contributed by atoms with van der Waals surface area (Å²) in [7, 11) is 0. The number of hydrogen-bond acceptors (Lipinski definition) is 5. The molecule has 1 unspecified atom stereocenters. The fraction of sp³-hybridized carbons (Fsp3) is 0.450. The molecule has 1 atom stereocenters. The molecule has 1 aromatic carbocycles. The first-order chi connectivity index (χ1) is 13.1. The van der Waals surface area contributed by atoms with Crippen LogP contribution in [-0.2, 0) is 20.9 Å². The number of hydrogen-bond donors (Lipinski definition) is 2. The molecular formula is C20H23N3O5. The van der Waals surface area contributed by atoms with Crippen LogP contribution in [0, 0.1) is 5.41 Å². The van der Waals surface area contributed by atoms with Crippen LogP contribution in [0.1, 0.15) is 66.3 Å². The summed E-state index contributed by atoms with van der Waals surface area (Å²) in [6, 6.07) is 3.79. The summed E-state index contributed by atoms with van der Waals surface area (Å²) >= 11 is 0. The zero-order valence-electron chi connectivity index (χ0n) is 16.1. The molecular weight excluding hydrogens is 362 g/mol. The van der Waals surface area contributed by atoms with Crippen molar-refractivity contribution >= 4 is 29.5 Å². The van der Waals surface area contributed by atoms with Crippen LogP contribution in [0.5, 0.6) is 0 Å². The Hall–Kier alpha value is -3.03. The van der Waals surface area contributed by atoms with Crippen molar-refractivity contribution in [1.29, 1.82) is 0 Å². The van der Waals surface area contributed by atoms with Gasteiger partial charge in [0.2, 0.25) is 17.7 Å². The van der Waals surface area contributed by atoms with Gasteiger partial charge in [0.15, 0.2) is 0 Å². The molecule has 2 N–H and O–H groups in total. The summed E-state index contributed by atoms with van der Waals surface area (Å²) in [4.78, 5) is 61.7. The molecule has 2 aliphatic heterocycles. The van der Waals surface area contributed by atoms with Crippen molar-refractivity contribution in [3.63, 3.8) is 0 Å². The summed E-state index contributed by atoms with van der Waals surface area (Å²) in [6.07, 6.45) is 0.569. The molecule has 0 aromatic heterocycles. The lowest BCUT2D eigenvalue weighted by Gasteiger charge is -2.27. The van der Waals surface area contributed by atoms with Gasteiger partial charge in [0, 0.05) is 19.4 Å². The number of amides is 5. The third-order valence-electron chi connectivity index (χ3n) is 4.68. The number of fused-ring (bicyclic) bond motifs is 1. The Balaban J connectivity index is 1.74.